The minimum absolute atomic E-state index is 0.243. The summed E-state index contributed by atoms with van der Waals surface area (Å²) in [6, 6.07) is 9.37. The maximum Gasteiger partial charge on any atom is 0.263 e. The second-order valence-electron chi connectivity index (χ2n) is 6.80. The van der Waals surface area contributed by atoms with E-state index in [-0.39, 0.29) is 11.6 Å². The van der Waals surface area contributed by atoms with E-state index in [0.717, 1.165) is 4.90 Å². The molecule has 0 saturated carbocycles. The van der Waals surface area contributed by atoms with Crippen molar-refractivity contribution < 1.29 is 23.9 Å². The van der Waals surface area contributed by atoms with Crippen molar-refractivity contribution >= 4 is 40.7 Å². The number of ether oxygens (including phenoxy) is 2. The van der Waals surface area contributed by atoms with E-state index in [4.69, 9.17) is 21.1 Å². The van der Waals surface area contributed by atoms with E-state index < -0.39 is 29.8 Å². The highest BCUT2D eigenvalue weighted by Gasteiger charge is 2.55. The smallest absolute Gasteiger partial charge is 0.263 e. The number of halogens is 1. The van der Waals surface area contributed by atoms with Crippen LogP contribution in [0, 0.1) is 0 Å². The van der Waals surface area contributed by atoms with E-state index >= 15 is 0 Å². The number of fused-ring (bicyclic) bond motifs is 1. The molecule has 0 aliphatic carbocycles. The highest BCUT2D eigenvalue weighted by atomic mass is 35.5. The van der Waals surface area contributed by atoms with E-state index in [1.54, 1.807) is 43.5 Å². The Labute approximate surface area is 182 Å². The van der Waals surface area contributed by atoms with E-state index in [1.165, 1.54) is 18.2 Å². The zero-order chi connectivity index (χ0) is 22.1. The van der Waals surface area contributed by atoms with Crippen molar-refractivity contribution in [2.45, 2.75) is 12.1 Å². The lowest BCUT2D eigenvalue weighted by atomic mass is 10.1. The number of nitrogens with one attached hydrogen (secondary N) is 1. The summed E-state index contributed by atoms with van der Waals surface area (Å²) in [5.41, 5.74) is 0.856. The molecule has 11 heteroatoms. The van der Waals surface area contributed by atoms with Gasteiger partial charge in [0.05, 0.1) is 24.9 Å². The Morgan fingerprint density at radius 2 is 1.84 bits per heavy atom. The molecule has 0 bridgehead atoms. The maximum atomic E-state index is 13.0. The summed E-state index contributed by atoms with van der Waals surface area (Å²) in [6.45, 7) is -0.243. The molecule has 0 spiro atoms. The van der Waals surface area contributed by atoms with Gasteiger partial charge in [0.25, 0.3) is 11.8 Å². The first kappa shape index (κ1) is 20.6. The fourth-order valence-corrected chi connectivity index (χ4v) is 3.68. The monoisotopic (exact) mass is 443 g/mol. The first-order chi connectivity index (χ1) is 14.9. The van der Waals surface area contributed by atoms with E-state index in [0.29, 0.717) is 22.9 Å². The molecule has 4 rings (SSSR count). The van der Waals surface area contributed by atoms with Gasteiger partial charge in [0.2, 0.25) is 5.91 Å². The third-order valence-corrected chi connectivity index (χ3v) is 5.23. The summed E-state index contributed by atoms with van der Waals surface area (Å²) in [5, 5.41) is 12.0. The molecule has 2 atom stereocenters. The molecule has 1 saturated heterocycles. The number of methoxy groups -OCH3 is 2. The lowest BCUT2D eigenvalue weighted by Crippen LogP contribution is -2.43. The number of hydrogen-bond acceptors (Lipinski definition) is 8. The molecule has 1 fully saturated rings. The minimum atomic E-state index is -1.01. The number of rotatable bonds is 6. The van der Waals surface area contributed by atoms with Crippen molar-refractivity contribution in [2.75, 3.05) is 31.0 Å². The number of imide groups is 1. The van der Waals surface area contributed by atoms with Gasteiger partial charge >= 0.3 is 0 Å². The van der Waals surface area contributed by atoms with Gasteiger partial charge in [-0.15, -0.1) is 0 Å². The second-order valence-corrected chi connectivity index (χ2v) is 7.21. The SMILES string of the molecule is COc1ccc(NC(=O)CN2N=N[C@H]3C(=O)N(c4ccc(OC)c(Cl)c4)C(=O)[C@@H]32)cc1. The predicted octanol–water partition coefficient (Wildman–Crippen LogP) is 2.29. The molecule has 0 aromatic heterocycles. The zero-order valence-electron chi connectivity index (χ0n) is 16.6. The van der Waals surface area contributed by atoms with Crippen LogP contribution in [0.3, 0.4) is 0 Å². The predicted molar refractivity (Wildman–Crippen MR) is 111 cm³/mol. The molecule has 3 amide bonds. The molecular weight excluding hydrogens is 426 g/mol. The van der Waals surface area contributed by atoms with Crippen molar-refractivity contribution in [3.05, 3.63) is 47.5 Å². The molecule has 0 radical (unpaired) electrons. The standard InChI is InChI=1S/C20H18ClN5O5/c1-30-13-6-3-11(4-7-13)22-16(27)10-25-18-17(23-24-25)19(28)26(20(18)29)12-5-8-15(31-2)14(21)9-12/h3-9,17-18H,10H2,1-2H3,(H,22,27)/t17-,18-/m1/s1. The Hall–Kier alpha value is -3.66. The van der Waals surface area contributed by atoms with Gasteiger partial charge in [-0.3, -0.25) is 19.4 Å². The Morgan fingerprint density at radius 1 is 1.10 bits per heavy atom. The Bertz CT molecular complexity index is 1070. The number of carbonyl (C=O) groups excluding carboxylic acids is 3. The third kappa shape index (κ3) is 3.77. The highest BCUT2D eigenvalue weighted by molar-refractivity contribution is 6.33. The van der Waals surface area contributed by atoms with Crippen LogP contribution in [0.15, 0.2) is 52.8 Å². The quantitative estimate of drug-likeness (QED) is 0.685. The maximum absolute atomic E-state index is 13.0. The molecule has 2 aliphatic heterocycles. The fourth-order valence-electron chi connectivity index (χ4n) is 3.42. The van der Waals surface area contributed by atoms with Gasteiger partial charge in [0.1, 0.15) is 18.0 Å². The Morgan fingerprint density at radius 3 is 2.48 bits per heavy atom. The first-order valence-electron chi connectivity index (χ1n) is 9.25. The van der Waals surface area contributed by atoms with Crippen LogP contribution in [0.4, 0.5) is 11.4 Å². The summed E-state index contributed by atoms with van der Waals surface area (Å²) >= 11 is 6.13. The average Bonchev–Trinajstić information content (AvgIpc) is 3.28. The summed E-state index contributed by atoms with van der Waals surface area (Å²) in [5.74, 6) is -0.392. The Kier molecular flexibility index (Phi) is 5.47. The van der Waals surface area contributed by atoms with Crippen LogP contribution in [0.5, 0.6) is 11.5 Å². The van der Waals surface area contributed by atoms with Crippen molar-refractivity contribution in [1.82, 2.24) is 5.01 Å². The molecule has 10 nitrogen and oxygen atoms in total. The lowest BCUT2D eigenvalue weighted by molar-refractivity contribution is -0.123. The third-order valence-electron chi connectivity index (χ3n) is 4.93. The topological polar surface area (TPSA) is 113 Å². The second kappa shape index (κ2) is 8.23. The van der Waals surface area contributed by atoms with E-state index in [9.17, 15) is 14.4 Å². The molecule has 2 aliphatic rings. The minimum Gasteiger partial charge on any atom is -0.497 e. The van der Waals surface area contributed by atoms with Crippen LogP contribution in [0.2, 0.25) is 5.02 Å². The molecule has 31 heavy (non-hydrogen) atoms. The number of nitrogens with zero attached hydrogens (tertiary/aromatic N) is 4. The summed E-state index contributed by atoms with van der Waals surface area (Å²) in [6.07, 6.45) is 0. The number of benzene rings is 2. The van der Waals surface area contributed by atoms with Crippen molar-refractivity contribution in [3.63, 3.8) is 0 Å². The molecule has 1 N–H and O–H groups in total. The summed E-state index contributed by atoms with van der Waals surface area (Å²) in [4.78, 5) is 39.2. The van der Waals surface area contributed by atoms with Crippen molar-refractivity contribution in [3.8, 4) is 11.5 Å². The first-order valence-corrected chi connectivity index (χ1v) is 9.63. The molecule has 0 unspecified atom stereocenters. The van der Waals surface area contributed by atoms with Gasteiger partial charge in [-0.05, 0) is 42.5 Å². The largest absolute Gasteiger partial charge is 0.497 e. The zero-order valence-corrected chi connectivity index (χ0v) is 17.4. The number of amides is 3. The molecular formula is C20H18ClN5O5. The number of carbonyl (C=O) groups is 3. The summed E-state index contributed by atoms with van der Waals surface area (Å²) in [7, 11) is 3.01. The Balaban J connectivity index is 1.47. The molecule has 160 valence electrons. The van der Waals surface area contributed by atoms with Gasteiger partial charge < -0.3 is 14.8 Å². The van der Waals surface area contributed by atoms with Crippen LogP contribution in [-0.2, 0) is 14.4 Å². The van der Waals surface area contributed by atoms with Crippen molar-refractivity contribution in [2.24, 2.45) is 10.3 Å². The van der Waals surface area contributed by atoms with Crippen molar-refractivity contribution in [1.29, 1.82) is 0 Å². The van der Waals surface area contributed by atoms with Crippen LogP contribution in [0.25, 0.3) is 0 Å². The normalized spacial score (nSPS) is 19.6. The summed E-state index contributed by atoms with van der Waals surface area (Å²) < 4.78 is 10.2. The molecule has 2 heterocycles. The fraction of sp³-hybridized carbons (Fsp3) is 0.250. The molecule has 2 aromatic carbocycles. The van der Waals surface area contributed by atoms with Crippen LogP contribution >= 0.6 is 11.6 Å². The van der Waals surface area contributed by atoms with Gasteiger partial charge in [0, 0.05) is 5.69 Å². The van der Waals surface area contributed by atoms with Gasteiger partial charge in [-0.25, -0.2) is 4.90 Å². The molecule has 2 aromatic rings. The van der Waals surface area contributed by atoms with Crippen LogP contribution in [0.1, 0.15) is 0 Å². The van der Waals surface area contributed by atoms with Gasteiger partial charge in [-0.2, -0.15) is 5.11 Å². The van der Waals surface area contributed by atoms with Gasteiger partial charge in [0.15, 0.2) is 12.1 Å². The lowest BCUT2D eigenvalue weighted by Gasteiger charge is -2.20. The highest BCUT2D eigenvalue weighted by Crippen LogP contribution is 2.35. The van der Waals surface area contributed by atoms with E-state index in [1.807, 2.05) is 0 Å². The average molecular weight is 444 g/mol. The van der Waals surface area contributed by atoms with Crippen LogP contribution in [-0.4, -0.2) is 55.6 Å². The van der Waals surface area contributed by atoms with E-state index in [2.05, 4.69) is 15.7 Å². The number of anilines is 2. The number of hydrogen-bond donors (Lipinski definition) is 1. The van der Waals surface area contributed by atoms with Gasteiger partial charge in [-0.1, -0.05) is 16.8 Å². The van der Waals surface area contributed by atoms with Crippen LogP contribution < -0.4 is 19.7 Å².